The predicted molar refractivity (Wildman–Crippen MR) is 131 cm³/mol. The number of carbonyl (C=O) groups excluding carboxylic acids is 3. The standard InChI is InChI=1S/C28H37N3O4/c32-26-8-7-25(27(33)30-26)31-15-20-12-17(5-6-22(20)28(31)34)11-19-3-1-2-4-23(19)29-24-14-18-9-10-35-16-21(24)13-18/h5-6,12,18-19,21,23-25,29H,1-4,7-11,13-16H2,(H,30,32,33)/t18?,19-,21?,23+,24?,25?/m1/s1. The van der Waals surface area contributed by atoms with Crippen LogP contribution in [-0.4, -0.2) is 54.0 Å². The molecule has 0 spiro atoms. The molecule has 3 heterocycles. The molecule has 4 fully saturated rings. The van der Waals surface area contributed by atoms with E-state index in [4.69, 9.17) is 4.74 Å². The second kappa shape index (κ2) is 9.66. The van der Waals surface area contributed by atoms with Gasteiger partial charge in [0.15, 0.2) is 0 Å². The third-order valence-corrected chi connectivity index (χ3v) is 9.22. The molecule has 3 aliphatic heterocycles. The molecule has 2 bridgehead atoms. The Bertz CT molecular complexity index is 1010. The van der Waals surface area contributed by atoms with Crippen LogP contribution in [0.5, 0.6) is 0 Å². The molecule has 0 aromatic heterocycles. The Labute approximate surface area is 207 Å². The number of rotatable bonds is 5. The first-order valence-electron chi connectivity index (χ1n) is 13.7. The van der Waals surface area contributed by atoms with E-state index in [9.17, 15) is 14.4 Å². The van der Waals surface area contributed by atoms with Crippen molar-refractivity contribution in [2.75, 3.05) is 13.2 Å². The van der Waals surface area contributed by atoms with Crippen LogP contribution in [0.4, 0.5) is 0 Å². The van der Waals surface area contributed by atoms with Crippen LogP contribution in [-0.2, 0) is 27.3 Å². The van der Waals surface area contributed by atoms with Gasteiger partial charge in [0.05, 0.1) is 6.61 Å². The molecule has 7 nitrogen and oxygen atoms in total. The number of benzene rings is 1. The van der Waals surface area contributed by atoms with Gasteiger partial charge < -0.3 is 15.0 Å². The van der Waals surface area contributed by atoms with Gasteiger partial charge in [-0.1, -0.05) is 25.0 Å². The van der Waals surface area contributed by atoms with E-state index in [2.05, 4.69) is 22.8 Å². The van der Waals surface area contributed by atoms with Crippen LogP contribution in [0.25, 0.3) is 0 Å². The number of hydrogen-bond donors (Lipinski definition) is 2. The molecule has 2 aliphatic carbocycles. The second-order valence-electron chi connectivity index (χ2n) is 11.5. The van der Waals surface area contributed by atoms with E-state index in [1.807, 2.05) is 6.07 Å². The smallest absolute Gasteiger partial charge is 0.255 e. The van der Waals surface area contributed by atoms with Crippen molar-refractivity contribution >= 4 is 17.7 Å². The van der Waals surface area contributed by atoms with E-state index in [1.54, 1.807) is 4.90 Å². The average molecular weight is 480 g/mol. The molecule has 4 unspecified atom stereocenters. The van der Waals surface area contributed by atoms with Crippen LogP contribution in [0.1, 0.15) is 79.3 Å². The Hall–Kier alpha value is -2.25. The number of ether oxygens (including phenoxy) is 1. The van der Waals surface area contributed by atoms with Gasteiger partial charge in [-0.05, 0) is 79.9 Å². The van der Waals surface area contributed by atoms with Gasteiger partial charge in [-0.2, -0.15) is 0 Å². The highest BCUT2D eigenvalue weighted by Gasteiger charge is 2.40. The summed E-state index contributed by atoms with van der Waals surface area (Å²) >= 11 is 0. The molecule has 7 heteroatoms. The van der Waals surface area contributed by atoms with Gasteiger partial charge in [-0.15, -0.1) is 0 Å². The van der Waals surface area contributed by atoms with E-state index in [-0.39, 0.29) is 24.1 Å². The summed E-state index contributed by atoms with van der Waals surface area (Å²) in [4.78, 5) is 38.5. The third kappa shape index (κ3) is 4.65. The topological polar surface area (TPSA) is 87.7 Å². The largest absolute Gasteiger partial charge is 0.381 e. The van der Waals surface area contributed by atoms with E-state index in [0.717, 1.165) is 31.1 Å². The van der Waals surface area contributed by atoms with Crippen LogP contribution in [0.3, 0.4) is 0 Å². The van der Waals surface area contributed by atoms with Crippen molar-refractivity contribution in [1.29, 1.82) is 0 Å². The molecule has 2 saturated heterocycles. The van der Waals surface area contributed by atoms with Gasteiger partial charge in [-0.25, -0.2) is 0 Å². The maximum absolute atomic E-state index is 13.0. The second-order valence-corrected chi connectivity index (χ2v) is 11.5. The van der Waals surface area contributed by atoms with Gasteiger partial charge in [0.25, 0.3) is 5.91 Å². The lowest BCUT2D eigenvalue weighted by Gasteiger charge is -2.36. The summed E-state index contributed by atoms with van der Waals surface area (Å²) in [5.41, 5.74) is 2.99. The molecule has 188 valence electrons. The molecular weight excluding hydrogens is 442 g/mol. The van der Waals surface area contributed by atoms with Crippen LogP contribution < -0.4 is 10.6 Å². The fraction of sp³-hybridized carbons (Fsp3) is 0.679. The van der Waals surface area contributed by atoms with Crippen LogP contribution in [0, 0.1) is 17.8 Å². The monoisotopic (exact) mass is 479 g/mol. The van der Waals surface area contributed by atoms with Crippen molar-refractivity contribution in [2.45, 2.75) is 88.9 Å². The fourth-order valence-corrected chi connectivity index (χ4v) is 7.35. The first-order valence-corrected chi connectivity index (χ1v) is 13.7. The lowest BCUT2D eigenvalue weighted by atomic mass is 9.79. The molecule has 2 saturated carbocycles. The van der Waals surface area contributed by atoms with Gasteiger partial charge in [-0.3, -0.25) is 19.7 Å². The summed E-state index contributed by atoms with van der Waals surface area (Å²) in [7, 11) is 0. The highest BCUT2D eigenvalue weighted by molar-refractivity contribution is 6.05. The maximum Gasteiger partial charge on any atom is 0.255 e. The minimum atomic E-state index is -0.554. The summed E-state index contributed by atoms with van der Waals surface area (Å²) in [6, 6.07) is 6.82. The predicted octanol–water partition coefficient (Wildman–Crippen LogP) is 2.95. The lowest BCUT2D eigenvalue weighted by molar-refractivity contribution is -0.136. The normalized spacial score (nSPS) is 35.1. The van der Waals surface area contributed by atoms with E-state index < -0.39 is 6.04 Å². The SMILES string of the molecule is O=C1CCC(N2Cc3cc(C[C@H]4CCCC[C@@H]4NC4CC5CCOCC4C5)ccc3C2=O)C(=O)N1. The minimum Gasteiger partial charge on any atom is -0.381 e. The Morgan fingerprint density at radius 1 is 1.03 bits per heavy atom. The molecule has 2 N–H and O–H groups in total. The van der Waals surface area contributed by atoms with Crippen LogP contribution >= 0.6 is 0 Å². The molecule has 3 amide bonds. The average Bonchev–Trinajstić information content (AvgIpc) is 3.26. The molecule has 1 aromatic rings. The number of nitrogens with one attached hydrogen (secondary N) is 2. The van der Waals surface area contributed by atoms with Gasteiger partial charge >= 0.3 is 0 Å². The van der Waals surface area contributed by atoms with Gasteiger partial charge in [0.2, 0.25) is 11.8 Å². The summed E-state index contributed by atoms with van der Waals surface area (Å²) in [5, 5.41) is 6.48. The highest BCUT2D eigenvalue weighted by Crippen LogP contribution is 2.38. The number of carbonyl (C=O) groups is 3. The first kappa shape index (κ1) is 23.2. The van der Waals surface area contributed by atoms with Crippen molar-refractivity contribution < 1.29 is 19.1 Å². The Kier molecular flexibility index (Phi) is 6.39. The number of imide groups is 1. The number of hydrogen-bond acceptors (Lipinski definition) is 5. The van der Waals surface area contributed by atoms with Crippen molar-refractivity contribution in [3.63, 3.8) is 0 Å². The van der Waals surface area contributed by atoms with E-state index in [1.165, 1.54) is 50.5 Å². The fourth-order valence-electron chi connectivity index (χ4n) is 7.35. The Morgan fingerprint density at radius 3 is 2.80 bits per heavy atom. The molecule has 5 aliphatic rings. The lowest BCUT2D eigenvalue weighted by Crippen LogP contribution is -2.52. The zero-order chi connectivity index (χ0) is 23.9. The van der Waals surface area contributed by atoms with Crippen molar-refractivity contribution in [1.82, 2.24) is 15.5 Å². The first-order chi connectivity index (χ1) is 17.0. The zero-order valence-corrected chi connectivity index (χ0v) is 20.5. The number of nitrogens with zero attached hydrogens (tertiary/aromatic N) is 1. The van der Waals surface area contributed by atoms with Crippen molar-refractivity contribution in [3.05, 3.63) is 34.9 Å². The minimum absolute atomic E-state index is 0.0938. The highest BCUT2D eigenvalue weighted by atomic mass is 16.5. The molecule has 35 heavy (non-hydrogen) atoms. The summed E-state index contributed by atoms with van der Waals surface area (Å²) in [6.07, 6.45) is 10.6. The van der Waals surface area contributed by atoms with E-state index in [0.29, 0.717) is 42.4 Å². The Morgan fingerprint density at radius 2 is 1.91 bits per heavy atom. The zero-order valence-electron chi connectivity index (χ0n) is 20.5. The molecule has 1 aromatic carbocycles. The number of amides is 3. The molecule has 6 atom stereocenters. The van der Waals surface area contributed by atoms with E-state index >= 15 is 0 Å². The number of piperidine rings is 1. The maximum atomic E-state index is 13.0. The van der Waals surface area contributed by atoms with Gasteiger partial charge in [0, 0.05) is 37.2 Å². The molecular formula is C28H37N3O4. The summed E-state index contributed by atoms with van der Waals surface area (Å²) in [5.74, 6) is 1.39. The Balaban J connectivity index is 1.13. The van der Waals surface area contributed by atoms with Crippen LogP contribution in [0.2, 0.25) is 0 Å². The summed E-state index contributed by atoms with van der Waals surface area (Å²) in [6.45, 7) is 2.29. The third-order valence-electron chi connectivity index (χ3n) is 9.22. The molecule has 0 radical (unpaired) electrons. The molecule has 6 rings (SSSR count). The summed E-state index contributed by atoms with van der Waals surface area (Å²) < 4.78 is 5.87. The van der Waals surface area contributed by atoms with Gasteiger partial charge in [0.1, 0.15) is 6.04 Å². The quantitative estimate of drug-likeness (QED) is 0.634. The number of fused-ring (bicyclic) bond motifs is 3. The van der Waals surface area contributed by atoms with Crippen molar-refractivity contribution in [2.24, 2.45) is 17.8 Å². The van der Waals surface area contributed by atoms with Crippen LogP contribution in [0.15, 0.2) is 18.2 Å². The van der Waals surface area contributed by atoms with Crippen molar-refractivity contribution in [3.8, 4) is 0 Å².